The topological polar surface area (TPSA) is 57.8 Å². The molecule has 5 heteroatoms. The van der Waals surface area contributed by atoms with Crippen molar-refractivity contribution in [3.8, 4) is 22.5 Å². The van der Waals surface area contributed by atoms with Crippen LogP contribution in [0.2, 0.25) is 0 Å². The lowest BCUT2D eigenvalue weighted by Gasteiger charge is -2.23. The van der Waals surface area contributed by atoms with Crippen LogP contribution in [0.25, 0.3) is 22.5 Å². The van der Waals surface area contributed by atoms with Crippen LogP contribution in [-0.2, 0) is 6.42 Å². The predicted octanol–water partition coefficient (Wildman–Crippen LogP) is 4.91. The molecule has 0 saturated heterocycles. The molecule has 1 atom stereocenters. The fraction of sp³-hybridized carbons (Fsp3) is 0.0833. The first-order valence-corrected chi connectivity index (χ1v) is 9.48. The van der Waals surface area contributed by atoms with Crippen molar-refractivity contribution in [3.63, 3.8) is 0 Å². The second kappa shape index (κ2) is 7.02. The summed E-state index contributed by atoms with van der Waals surface area (Å²) < 4.78 is 14.1. The molecule has 1 aliphatic rings. The molecule has 29 heavy (non-hydrogen) atoms. The number of amides is 1. The predicted molar refractivity (Wildman–Crippen MR) is 110 cm³/mol. The summed E-state index contributed by atoms with van der Waals surface area (Å²) in [5.74, 6) is -0.404. The van der Waals surface area contributed by atoms with E-state index in [0.29, 0.717) is 23.2 Å². The second-order valence-electron chi connectivity index (χ2n) is 7.13. The van der Waals surface area contributed by atoms with Gasteiger partial charge in [-0.15, -0.1) is 0 Å². The third-order valence-corrected chi connectivity index (χ3v) is 5.28. The molecule has 0 saturated carbocycles. The molecule has 4 aromatic rings. The molecule has 2 aromatic heterocycles. The molecular weight excluding hydrogens is 365 g/mol. The molecule has 142 valence electrons. The van der Waals surface area contributed by atoms with E-state index in [4.69, 9.17) is 0 Å². The number of H-pyrrole nitrogens is 1. The normalized spacial score (nSPS) is 15.6. The summed E-state index contributed by atoms with van der Waals surface area (Å²) in [5, 5.41) is 3.08. The van der Waals surface area contributed by atoms with E-state index in [0.717, 1.165) is 22.5 Å². The third kappa shape index (κ3) is 3.21. The number of nitrogens with one attached hydrogen (secondary N) is 2. The fourth-order valence-electron chi connectivity index (χ4n) is 3.81. The van der Waals surface area contributed by atoms with E-state index < -0.39 is 0 Å². The van der Waals surface area contributed by atoms with Gasteiger partial charge in [0.15, 0.2) is 0 Å². The fourth-order valence-corrected chi connectivity index (χ4v) is 3.81. The molecule has 4 nitrogen and oxygen atoms in total. The van der Waals surface area contributed by atoms with Crippen LogP contribution in [0, 0.1) is 5.82 Å². The zero-order valence-corrected chi connectivity index (χ0v) is 15.5. The van der Waals surface area contributed by atoms with Gasteiger partial charge in [0.1, 0.15) is 5.82 Å². The Morgan fingerprint density at radius 3 is 2.55 bits per heavy atom. The molecule has 2 N–H and O–H groups in total. The Hall–Kier alpha value is -3.73. The van der Waals surface area contributed by atoms with E-state index in [1.807, 2.05) is 48.5 Å². The Labute approximate surface area is 167 Å². The number of carbonyl (C=O) groups is 1. The number of aromatic amines is 1. The third-order valence-electron chi connectivity index (χ3n) is 5.28. The highest BCUT2D eigenvalue weighted by Gasteiger charge is 2.27. The van der Waals surface area contributed by atoms with E-state index >= 15 is 0 Å². The number of nitrogens with zero attached hydrogens (tertiary/aromatic N) is 1. The Morgan fingerprint density at radius 1 is 0.931 bits per heavy atom. The number of fused-ring (bicyclic) bond motifs is 1. The molecule has 0 aliphatic carbocycles. The van der Waals surface area contributed by atoms with Crippen LogP contribution in [0.4, 0.5) is 4.39 Å². The van der Waals surface area contributed by atoms with Crippen LogP contribution < -0.4 is 5.32 Å². The van der Waals surface area contributed by atoms with Crippen molar-refractivity contribution < 1.29 is 9.18 Å². The molecule has 0 bridgehead atoms. The molecule has 2 aromatic carbocycles. The van der Waals surface area contributed by atoms with Crippen molar-refractivity contribution in [2.45, 2.75) is 12.5 Å². The number of hydrogen-bond donors (Lipinski definition) is 2. The van der Waals surface area contributed by atoms with Gasteiger partial charge in [0, 0.05) is 35.1 Å². The summed E-state index contributed by atoms with van der Waals surface area (Å²) >= 11 is 0. The number of carbonyl (C=O) groups excluding carboxylic acids is 1. The molecule has 1 unspecified atom stereocenters. The molecule has 1 amide bonds. The lowest BCUT2D eigenvalue weighted by molar-refractivity contribution is 0.0925. The van der Waals surface area contributed by atoms with Crippen molar-refractivity contribution in [2.75, 3.05) is 0 Å². The van der Waals surface area contributed by atoms with Gasteiger partial charge in [0.2, 0.25) is 0 Å². The minimum atomic E-state index is -0.312. The van der Waals surface area contributed by atoms with E-state index in [1.54, 1.807) is 24.4 Å². The van der Waals surface area contributed by atoms with Gasteiger partial charge in [-0.2, -0.15) is 0 Å². The van der Waals surface area contributed by atoms with E-state index in [2.05, 4.69) is 15.3 Å². The van der Waals surface area contributed by atoms with Gasteiger partial charge in [-0.3, -0.25) is 9.78 Å². The molecule has 3 heterocycles. The average molecular weight is 383 g/mol. The highest BCUT2D eigenvalue weighted by molar-refractivity contribution is 5.98. The monoisotopic (exact) mass is 383 g/mol. The summed E-state index contributed by atoms with van der Waals surface area (Å²) in [6.07, 6.45) is 2.35. The van der Waals surface area contributed by atoms with E-state index in [1.165, 1.54) is 6.07 Å². The Kier molecular flexibility index (Phi) is 4.21. The van der Waals surface area contributed by atoms with Gasteiger partial charge < -0.3 is 10.3 Å². The first-order chi connectivity index (χ1) is 14.2. The molecule has 0 spiro atoms. The number of hydrogen-bond acceptors (Lipinski definition) is 2. The highest BCUT2D eigenvalue weighted by Crippen LogP contribution is 2.31. The molecule has 0 fully saturated rings. The maximum atomic E-state index is 14.1. The van der Waals surface area contributed by atoms with Crippen LogP contribution in [0.3, 0.4) is 0 Å². The first kappa shape index (κ1) is 17.4. The van der Waals surface area contributed by atoms with Gasteiger partial charge >= 0.3 is 0 Å². The second-order valence-corrected chi connectivity index (χ2v) is 7.13. The van der Waals surface area contributed by atoms with E-state index in [-0.39, 0.29) is 17.8 Å². The van der Waals surface area contributed by atoms with Crippen LogP contribution in [0.1, 0.15) is 27.7 Å². The first-order valence-electron chi connectivity index (χ1n) is 9.48. The average Bonchev–Trinajstić information content (AvgIpc) is 3.20. The summed E-state index contributed by atoms with van der Waals surface area (Å²) in [4.78, 5) is 20.4. The lowest BCUT2D eigenvalue weighted by atomic mass is 9.96. The quantitative estimate of drug-likeness (QED) is 0.528. The van der Waals surface area contributed by atoms with Gasteiger partial charge in [-0.05, 0) is 35.9 Å². The number of rotatable bonds is 3. The number of halogens is 1. The number of benzene rings is 2. The summed E-state index contributed by atoms with van der Waals surface area (Å²) in [6.45, 7) is 0. The Balaban J connectivity index is 1.50. The number of aromatic nitrogens is 2. The lowest BCUT2D eigenvalue weighted by Crippen LogP contribution is -2.34. The van der Waals surface area contributed by atoms with Crippen LogP contribution in [-0.4, -0.2) is 15.9 Å². The maximum Gasteiger partial charge on any atom is 0.253 e. The van der Waals surface area contributed by atoms with Crippen molar-refractivity contribution in [1.82, 2.24) is 15.3 Å². The highest BCUT2D eigenvalue weighted by atomic mass is 19.1. The minimum Gasteiger partial charge on any atom is -0.358 e. The van der Waals surface area contributed by atoms with Crippen LogP contribution in [0.5, 0.6) is 0 Å². The SMILES string of the molecule is O=C1NC(c2ccccc2)Cc2[nH]c(-c3ccnc(-c4ccccc4F)c3)cc21. The zero-order chi connectivity index (χ0) is 19.8. The Morgan fingerprint density at radius 2 is 1.72 bits per heavy atom. The largest absolute Gasteiger partial charge is 0.358 e. The standard InChI is InChI=1S/C24H18FN3O/c25-19-9-5-4-8-17(19)22-12-16(10-11-26-22)20-13-18-23(27-20)14-21(28-24(18)29)15-6-2-1-3-7-15/h1-13,21,27H,14H2,(H,28,29). The maximum absolute atomic E-state index is 14.1. The van der Waals surface area contributed by atoms with E-state index in [9.17, 15) is 9.18 Å². The summed E-state index contributed by atoms with van der Waals surface area (Å²) in [7, 11) is 0. The minimum absolute atomic E-state index is 0.0610. The van der Waals surface area contributed by atoms with Crippen LogP contribution in [0.15, 0.2) is 79.0 Å². The van der Waals surface area contributed by atoms with Gasteiger partial charge in [-0.25, -0.2) is 4.39 Å². The smallest absolute Gasteiger partial charge is 0.253 e. The summed E-state index contributed by atoms with van der Waals surface area (Å²) in [5.41, 5.74) is 5.31. The molecular formula is C24H18FN3O. The van der Waals surface area contributed by atoms with Gasteiger partial charge in [0.05, 0.1) is 17.3 Å². The van der Waals surface area contributed by atoms with Gasteiger partial charge in [0.25, 0.3) is 5.91 Å². The van der Waals surface area contributed by atoms with Crippen molar-refractivity contribution >= 4 is 5.91 Å². The van der Waals surface area contributed by atoms with Crippen molar-refractivity contribution in [1.29, 1.82) is 0 Å². The van der Waals surface area contributed by atoms with Crippen molar-refractivity contribution in [2.24, 2.45) is 0 Å². The molecule has 5 rings (SSSR count). The van der Waals surface area contributed by atoms with Gasteiger partial charge in [-0.1, -0.05) is 42.5 Å². The summed E-state index contributed by atoms with van der Waals surface area (Å²) in [6, 6.07) is 22.0. The molecule has 1 aliphatic heterocycles. The molecule has 0 radical (unpaired) electrons. The Bertz CT molecular complexity index is 1200. The zero-order valence-electron chi connectivity index (χ0n) is 15.5. The van der Waals surface area contributed by atoms with Crippen molar-refractivity contribution in [3.05, 3.63) is 102 Å². The number of pyridine rings is 1. The van der Waals surface area contributed by atoms with Crippen LogP contribution >= 0.6 is 0 Å².